The molecule has 3 rings (SSSR count). The molecule has 3 aromatic rings. The van der Waals surface area contributed by atoms with E-state index in [-0.39, 0.29) is 25.0 Å². The number of hydrogen-bond donors (Lipinski definition) is 1. The number of nitrogens with one attached hydrogen (secondary N) is 1. The molecule has 0 saturated carbocycles. The molecule has 0 aliphatic rings. The Hall–Kier alpha value is -3.32. The van der Waals surface area contributed by atoms with Crippen LogP contribution in [-0.4, -0.2) is 42.0 Å². The molecule has 1 N–H and O–H groups in total. The van der Waals surface area contributed by atoms with Gasteiger partial charge in [-0.25, -0.2) is 0 Å². The first-order valence-electron chi connectivity index (χ1n) is 11.8. The summed E-state index contributed by atoms with van der Waals surface area (Å²) in [6.45, 7) is 5.86. The topological polar surface area (TPSA) is 67.9 Å². The Balaban J connectivity index is 1.90. The van der Waals surface area contributed by atoms with Crippen molar-refractivity contribution in [3.05, 3.63) is 94.5 Å². The average Bonchev–Trinajstić information content (AvgIpc) is 2.85. The highest BCUT2D eigenvalue weighted by Gasteiger charge is 2.32. The summed E-state index contributed by atoms with van der Waals surface area (Å²) in [5.74, 6) is 0.763. The van der Waals surface area contributed by atoms with E-state index in [0.29, 0.717) is 17.9 Å². The largest absolute Gasteiger partial charge is 0.497 e. The highest BCUT2D eigenvalue weighted by atomic mass is 79.9. The Labute approximate surface area is 221 Å². The summed E-state index contributed by atoms with van der Waals surface area (Å²) in [6, 6.07) is 23.8. The van der Waals surface area contributed by atoms with Gasteiger partial charge >= 0.3 is 0 Å². The van der Waals surface area contributed by atoms with Crippen molar-refractivity contribution in [2.75, 3.05) is 13.7 Å². The third-order valence-corrected chi connectivity index (χ3v) is 5.99. The number of halogens is 1. The Morgan fingerprint density at radius 3 is 2.08 bits per heavy atom. The molecule has 7 heteroatoms. The van der Waals surface area contributed by atoms with Gasteiger partial charge in [0.1, 0.15) is 17.5 Å². The van der Waals surface area contributed by atoms with E-state index in [1.807, 2.05) is 75.4 Å². The normalized spacial score (nSPS) is 11.9. The van der Waals surface area contributed by atoms with Crippen molar-refractivity contribution in [3.63, 3.8) is 0 Å². The molecular weight excluding hydrogens is 520 g/mol. The molecule has 0 fully saturated rings. The van der Waals surface area contributed by atoms with E-state index in [0.717, 1.165) is 15.6 Å². The van der Waals surface area contributed by atoms with E-state index < -0.39 is 11.6 Å². The van der Waals surface area contributed by atoms with Crippen LogP contribution in [0.15, 0.2) is 83.3 Å². The van der Waals surface area contributed by atoms with Crippen LogP contribution in [0.5, 0.6) is 11.5 Å². The number of carbonyl (C=O) groups excluding carboxylic acids is 2. The number of rotatable bonds is 10. The fourth-order valence-electron chi connectivity index (χ4n) is 3.69. The van der Waals surface area contributed by atoms with E-state index in [1.54, 1.807) is 36.3 Å². The number of ether oxygens (including phenoxy) is 2. The highest BCUT2D eigenvalue weighted by Crippen LogP contribution is 2.20. The molecule has 1 unspecified atom stereocenters. The predicted octanol–water partition coefficient (Wildman–Crippen LogP) is 5.39. The number of carbonyl (C=O) groups is 2. The molecule has 0 saturated heterocycles. The number of nitrogens with zero attached hydrogens (tertiary/aromatic N) is 1. The van der Waals surface area contributed by atoms with Gasteiger partial charge in [0.25, 0.3) is 5.91 Å². The Morgan fingerprint density at radius 1 is 0.889 bits per heavy atom. The quantitative estimate of drug-likeness (QED) is 0.366. The standard InChI is InChI=1S/C29H33BrN2O4/c1-29(2,3)31-28(34)26(18-21-8-6-5-7-9-21)32(19-22-10-12-23(30)13-11-22)27(33)20-36-25-16-14-24(35-4)15-17-25/h5-17,26H,18-20H2,1-4H3,(H,31,34). The summed E-state index contributed by atoms with van der Waals surface area (Å²) >= 11 is 3.46. The zero-order chi connectivity index (χ0) is 26.1. The van der Waals surface area contributed by atoms with Gasteiger partial charge in [-0.1, -0.05) is 58.4 Å². The van der Waals surface area contributed by atoms with Crippen LogP contribution in [0, 0.1) is 0 Å². The molecule has 190 valence electrons. The Morgan fingerprint density at radius 2 is 1.50 bits per heavy atom. The van der Waals surface area contributed by atoms with Crippen LogP contribution in [-0.2, 0) is 22.6 Å². The molecule has 1 atom stereocenters. The average molecular weight is 553 g/mol. The summed E-state index contributed by atoms with van der Waals surface area (Å²) in [5, 5.41) is 3.06. The van der Waals surface area contributed by atoms with Crippen molar-refractivity contribution in [2.24, 2.45) is 0 Å². The third-order valence-electron chi connectivity index (χ3n) is 5.46. The summed E-state index contributed by atoms with van der Waals surface area (Å²) in [7, 11) is 1.59. The summed E-state index contributed by atoms with van der Waals surface area (Å²) in [4.78, 5) is 28.7. The maximum Gasteiger partial charge on any atom is 0.261 e. The van der Waals surface area contributed by atoms with E-state index >= 15 is 0 Å². The Kier molecular flexibility index (Phi) is 9.53. The second kappa shape index (κ2) is 12.6. The van der Waals surface area contributed by atoms with E-state index in [4.69, 9.17) is 9.47 Å². The van der Waals surface area contributed by atoms with Crippen LogP contribution in [0.25, 0.3) is 0 Å². The van der Waals surface area contributed by atoms with Crippen molar-refractivity contribution in [1.29, 1.82) is 0 Å². The lowest BCUT2D eigenvalue weighted by Crippen LogP contribution is -2.55. The molecule has 0 radical (unpaired) electrons. The molecule has 0 aliphatic carbocycles. The summed E-state index contributed by atoms with van der Waals surface area (Å²) in [6.07, 6.45) is 0.382. The molecule has 0 heterocycles. The lowest BCUT2D eigenvalue weighted by Gasteiger charge is -2.33. The van der Waals surface area contributed by atoms with Crippen LogP contribution in [0.2, 0.25) is 0 Å². The molecule has 0 bridgehead atoms. The van der Waals surface area contributed by atoms with Crippen LogP contribution in [0.1, 0.15) is 31.9 Å². The highest BCUT2D eigenvalue weighted by molar-refractivity contribution is 9.10. The van der Waals surface area contributed by atoms with E-state index in [9.17, 15) is 9.59 Å². The van der Waals surface area contributed by atoms with Crippen LogP contribution in [0.4, 0.5) is 0 Å². The molecule has 36 heavy (non-hydrogen) atoms. The fourth-order valence-corrected chi connectivity index (χ4v) is 3.96. The number of amides is 2. The molecule has 3 aromatic carbocycles. The van der Waals surface area contributed by atoms with E-state index in [1.165, 1.54) is 0 Å². The van der Waals surface area contributed by atoms with Crippen molar-refractivity contribution in [1.82, 2.24) is 10.2 Å². The molecule has 0 aliphatic heterocycles. The fraction of sp³-hybridized carbons (Fsp3) is 0.310. The van der Waals surface area contributed by atoms with Crippen LogP contribution in [0.3, 0.4) is 0 Å². The second-order valence-electron chi connectivity index (χ2n) is 9.56. The van der Waals surface area contributed by atoms with Gasteiger partial charge in [0, 0.05) is 23.0 Å². The lowest BCUT2D eigenvalue weighted by atomic mass is 10.0. The predicted molar refractivity (Wildman–Crippen MR) is 145 cm³/mol. The van der Waals surface area contributed by atoms with Crippen molar-refractivity contribution in [3.8, 4) is 11.5 Å². The first-order chi connectivity index (χ1) is 17.1. The molecular formula is C29H33BrN2O4. The smallest absolute Gasteiger partial charge is 0.261 e. The zero-order valence-electron chi connectivity index (χ0n) is 21.2. The number of hydrogen-bond acceptors (Lipinski definition) is 4. The summed E-state index contributed by atoms with van der Waals surface area (Å²) < 4.78 is 11.9. The monoisotopic (exact) mass is 552 g/mol. The van der Waals surface area contributed by atoms with Crippen molar-refractivity contribution < 1.29 is 19.1 Å². The van der Waals surface area contributed by atoms with Gasteiger partial charge in [0.2, 0.25) is 5.91 Å². The molecule has 6 nitrogen and oxygen atoms in total. The van der Waals surface area contributed by atoms with Crippen LogP contribution < -0.4 is 14.8 Å². The Bertz CT molecular complexity index is 1130. The number of benzene rings is 3. The van der Waals surface area contributed by atoms with Gasteiger partial charge < -0.3 is 19.7 Å². The molecule has 0 spiro atoms. The first-order valence-corrected chi connectivity index (χ1v) is 12.6. The number of methoxy groups -OCH3 is 1. The zero-order valence-corrected chi connectivity index (χ0v) is 22.7. The molecule has 2 amide bonds. The molecule has 0 aromatic heterocycles. The minimum Gasteiger partial charge on any atom is -0.497 e. The van der Waals surface area contributed by atoms with Gasteiger partial charge in [-0.05, 0) is 68.3 Å². The van der Waals surface area contributed by atoms with Gasteiger partial charge in [0.15, 0.2) is 6.61 Å². The van der Waals surface area contributed by atoms with Crippen molar-refractivity contribution >= 4 is 27.7 Å². The second-order valence-corrected chi connectivity index (χ2v) is 10.5. The van der Waals surface area contributed by atoms with E-state index in [2.05, 4.69) is 21.2 Å². The minimum atomic E-state index is -0.720. The summed E-state index contributed by atoms with van der Waals surface area (Å²) in [5.41, 5.74) is 1.44. The van der Waals surface area contributed by atoms with Gasteiger partial charge in [-0.3, -0.25) is 9.59 Å². The maximum absolute atomic E-state index is 13.6. The maximum atomic E-state index is 13.6. The first kappa shape index (κ1) is 27.3. The van der Waals surface area contributed by atoms with Gasteiger partial charge in [-0.2, -0.15) is 0 Å². The van der Waals surface area contributed by atoms with Crippen LogP contribution >= 0.6 is 15.9 Å². The third kappa shape index (κ3) is 8.41. The van der Waals surface area contributed by atoms with Crippen molar-refractivity contribution in [2.45, 2.75) is 45.3 Å². The lowest BCUT2D eigenvalue weighted by molar-refractivity contribution is -0.143. The van der Waals surface area contributed by atoms with Gasteiger partial charge in [0.05, 0.1) is 7.11 Å². The SMILES string of the molecule is COc1ccc(OCC(=O)N(Cc2ccc(Br)cc2)C(Cc2ccccc2)C(=O)NC(C)(C)C)cc1. The minimum absolute atomic E-state index is 0.197. The van der Waals surface area contributed by atoms with Gasteiger partial charge in [-0.15, -0.1) is 0 Å².